The van der Waals surface area contributed by atoms with E-state index in [1.165, 1.54) is 30.3 Å². The summed E-state index contributed by atoms with van der Waals surface area (Å²) < 4.78 is 41.0. The summed E-state index contributed by atoms with van der Waals surface area (Å²) in [7, 11) is 0. The van der Waals surface area contributed by atoms with E-state index in [0.717, 1.165) is 48.9 Å². The lowest BCUT2D eigenvalue weighted by Gasteiger charge is -2.39. The van der Waals surface area contributed by atoms with Crippen LogP contribution in [0.4, 0.5) is 24.5 Å². The average Bonchev–Trinajstić information content (AvgIpc) is 2.78. The zero-order valence-electron chi connectivity index (χ0n) is 19.9. The highest BCUT2D eigenvalue weighted by atomic mass is 32.2. The minimum absolute atomic E-state index is 0.221. The molecule has 3 aliphatic rings. The largest absolute Gasteiger partial charge is 0.416 e. The van der Waals surface area contributed by atoms with Crippen molar-refractivity contribution in [1.29, 1.82) is 0 Å². The molecule has 4 rings (SSSR count). The van der Waals surface area contributed by atoms with Crippen LogP contribution in [0.3, 0.4) is 0 Å². The molecule has 0 radical (unpaired) electrons. The van der Waals surface area contributed by atoms with Gasteiger partial charge in [0.25, 0.3) is 0 Å². The van der Waals surface area contributed by atoms with Gasteiger partial charge in [0.2, 0.25) is 0 Å². The van der Waals surface area contributed by atoms with Crippen molar-refractivity contribution >= 4 is 23.1 Å². The molecule has 0 spiro atoms. The van der Waals surface area contributed by atoms with Gasteiger partial charge in [0, 0.05) is 54.7 Å². The molecule has 5 nitrogen and oxygen atoms in total. The Hall–Kier alpha value is -1.84. The van der Waals surface area contributed by atoms with Crippen molar-refractivity contribution in [3.05, 3.63) is 41.6 Å². The molecule has 4 unspecified atom stereocenters. The number of anilines is 2. The lowest BCUT2D eigenvalue weighted by Crippen LogP contribution is -2.43. The minimum atomic E-state index is -4.37. The van der Waals surface area contributed by atoms with Crippen LogP contribution in [0.25, 0.3) is 0 Å². The van der Waals surface area contributed by atoms with Crippen LogP contribution in [-0.2, 0) is 0 Å². The van der Waals surface area contributed by atoms with Crippen molar-refractivity contribution < 1.29 is 13.2 Å². The van der Waals surface area contributed by atoms with E-state index in [9.17, 15) is 13.2 Å². The van der Waals surface area contributed by atoms with Gasteiger partial charge in [-0.25, -0.2) is 0 Å². The summed E-state index contributed by atoms with van der Waals surface area (Å²) in [5.41, 5.74) is 7.63. The molecular formula is C25H36F3N5S. The first-order valence-corrected chi connectivity index (χ1v) is 13.1. The number of halogens is 3. The molecule has 4 atom stereocenters. The second-order valence-corrected chi connectivity index (χ2v) is 11.0. The van der Waals surface area contributed by atoms with Crippen molar-refractivity contribution in [2.24, 2.45) is 17.6 Å². The fourth-order valence-corrected chi connectivity index (χ4v) is 6.44. The number of nitrogens with zero attached hydrogens (tertiary/aromatic N) is 1. The van der Waals surface area contributed by atoms with Crippen molar-refractivity contribution in [1.82, 2.24) is 10.6 Å². The number of rotatable bonds is 8. The highest BCUT2D eigenvalue weighted by Crippen LogP contribution is 2.45. The number of thioether (sulfide) groups is 1. The van der Waals surface area contributed by atoms with E-state index < -0.39 is 11.7 Å². The van der Waals surface area contributed by atoms with Gasteiger partial charge in [-0.15, -0.1) is 11.8 Å². The molecule has 9 heteroatoms. The van der Waals surface area contributed by atoms with Gasteiger partial charge in [0.15, 0.2) is 0 Å². The SMILES string of the molecule is CC1CC(C)CN(c2ccc3c(c2)SC2C=C(C(F)(F)F)C=C(NCCCNCCN)C2N3)C1. The maximum Gasteiger partial charge on any atom is 0.416 e. The number of allylic oxidation sites excluding steroid dienone is 2. The summed E-state index contributed by atoms with van der Waals surface area (Å²) in [5, 5.41) is 9.67. The standard InChI is InChI=1S/C25H36F3N5S/c1-16-10-17(2)15-33(14-16)19-4-5-20-22(13-19)34-23-12-18(25(26,27)28)11-21(24(23)32-20)31-8-3-7-30-9-6-29/h4-5,11-13,16-17,23-24,30-32H,3,6-10,14-15,29H2,1-2H3. The predicted molar refractivity (Wildman–Crippen MR) is 135 cm³/mol. The number of alkyl halides is 3. The van der Waals surface area contributed by atoms with E-state index in [1.54, 1.807) is 0 Å². The number of piperidine rings is 1. The first kappa shape index (κ1) is 25.3. The molecule has 2 aliphatic heterocycles. The first-order chi connectivity index (χ1) is 16.2. The van der Waals surface area contributed by atoms with Gasteiger partial charge in [-0.1, -0.05) is 19.9 Å². The van der Waals surface area contributed by atoms with E-state index >= 15 is 0 Å². The zero-order valence-corrected chi connectivity index (χ0v) is 20.7. The molecule has 2 heterocycles. The van der Waals surface area contributed by atoms with Crippen LogP contribution >= 0.6 is 11.8 Å². The van der Waals surface area contributed by atoms with Crippen molar-refractivity contribution in [2.75, 3.05) is 49.5 Å². The monoisotopic (exact) mass is 495 g/mol. The van der Waals surface area contributed by atoms with Crippen LogP contribution in [-0.4, -0.2) is 56.7 Å². The first-order valence-electron chi connectivity index (χ1n) is 12.2. The molecule has 5 N–H and O–H groups in total. The number of nitrogens with two attached hydrogens (primary N) is 1. The number of hydrogen-bond acceptors (Lipinski definition) is 6. The highest BCUT2D eigenvalue weighted by Gasteiger charge is 2.40. The maximum absolute atomic E-state index is 13.7. The molecule has 1 aliphatic carbocycles. The van der Waals surface area contributed by atoms with Gasteiger partial charge in [-0.3, -0.25) is 0 Å². The quantitative estimate of drug-likeness (QED) is 0.403. The Kier molecular flexibility index (Phi) is 8.05. The van der Waals surface area contributed by atoms with Gasteiger partial charge in [0.05, 0.1) is 16.9 Å². The lowest BCUT2D eigenvalue weighted by molar-refractivity contribution is -0.0887. The summed E-state index contributed by atoms with van der Waals surface area (Å²) in [5.74, 6) is 1.27. The molecule has 1 fully saturated rings. The Morgan fingerprint density at radius 3 is 2.62 bits per heavy atom. The Bertz CT molecular complexity index is 906. The molecule has 1 aromatic rings. The zero-order chi connectivity index (χ0) is 24.3. The molecule has 0 bridgehead atoms. The predicted octanol–water partition coefficient (Wildman–Crippen LogP) is 4.34. The molecule has 0 saturated carbocycles. The Morgan fingerprint density at radius 2 is 1.91 bits per heavy atom. The third-order valence-electron chi connectivity index (χ3n) is 6.60. The topological polar surface area (TPSA) is 65.3 Å². The number of hydrogen-bond donors (Lipinski definition) is 4. The van der Waals surface area contributed by atoms with Crippen molar-refractivity contribution in [3.8, 4) is 0 Å². The Morgan fingerprint density at radius 1 is 1.15 bits per heavy atom. The van der Waals surface area contributed by atoms with E-state index in [1.807, 2.05) is 0 Å². The van der Waals surface area contributed by atoms with Crippen molar-refractivity contribution in [2.45, 2.75) is 49.1 Å². The number of benzene rings is 1. The Balaban J connectivity index is 1.51. The summed E-state index contributed by atoms with van der Waals surface area (Å²) in [6, 6.07) is 6.14. The minimum Gasteiger partial charge on any atom is -0.387 e. The van der Waals surface area contributed by atoms with Gasteiger partial charge in [-0.2, -0.15) is 13.2 Å². The van der Waals surface area contributed by atoms with Crippen LogP contribution in [0.5, 0.6) is 0 Å². The molecule has 0 amide bonds. The summed E-state index contributed by atoms with van der Waals surface area (Å²) in [6.07, 6.45) is 0.301. The molecule has 0 aromatic heterocycles. The van der Waals surface area contributed by atoms with E-state index in [4.69, 9.17) is 5.73 Å². The van der Waals surface area contributed by atoms with Gasteiger partial charge >= 0.3 is 6.18 Å². The molecule has 1 aromatic carbocycles. The molecular weight excluding hydrogens is 459 g/mol. The normalized spacial score (nSPS) is 26.7. The van der Waals surface area contributed by atoms with Gasteiger partial charge in [-0.05, 0) is 55.5 Å². The summed E-state index contributed by atoms with van der Waals surface area (Å²) in [4.78, 5) is 3.42. The third kappa shape index (κ3) is 6.04. The second kappa shape index (κ2) is 10.8. The van der Waals surface area contributed by atoms with Crippen molar-refractivity contribution in [3.63, 3.8) is 0 Å². The van der Waals surface area contributed by atoms with E-state index in [-0.39, 0.29) is 11.3 Å². The molecule has 34 heavy (non-hydrogen) atoms. The van der Waals surface area contributed by atoms with Crippen LogP contribution in [0.2, 0.25) is 0 Å². The van der Waals surface area contributed by atoms with Crippen LogP contribution in [0.15, 0.2) is 46.5 Å². The summed E-state index contributed by atoms with van der Waals surface area (Å²) >= 11 is 1.52. The smallest absolute Gasteiger partial charge is 0.387 e. The summed E-state index contributed by atoms with van der Waals surface area (Å²) in [6.45, 7) is 9.27. The van der Waals surface area contributed by atoms with Gasteiger partial charge < -0.3 is 26.6 Å². The van der Waals surface area contributed by atoms with Crippen LogP contribution in [0, 0.1) is 11.8 Å². The van der Waals surface area contributed by atoms with Gasteiger partial charge in [0.1, 0.15) is 0 Å². The third-order valence-corrected chi connectivity index (χ3v) is 7.87. The fraction of sp³-hybridized carbons (Fsp3) is 0.600. The molecule has 1 saturated heterocycles. The number of nitrogens with one attached hydrogen (secondary N) is 3. The second-order valence-electron chi connectivity index (χ2n) is 9.77. The fourth-order valence-electron chi connectivity index (χ4n) is 5.14. The Labute approximate surface area is 204 Å². The lowest BCUT2D eigenvalue weighted by atomic mass is 9.91. The van der Waals surface area contributed by atoms with E-state index in [0.29, 0.717) is 30.6 Å². The molecule has 188 valence electrons. The number of fused-ring (bicyclic) bond motifs is 2. The average molecular weight is 496 g/mol. The van der Waals surface area contributed by atoms with Crippen LogP contribution in [0.1, 0.15) is 26.7 Å². The highest BCUT2D eigenvalue weighted by molar-refractivity contribution is 8.00. The maximum atomic E-state index is 13.7. The van der Waals surface area contributed by atoms with E-state index in [2.05, 4.69) is 52.9 Å². The van der Waals surface area contributed by atoms with Crippen LogP contribution < -0.4 is 26.6 Å².